The number of carbonyl (C=O) groups excluding carboxylic acids is 1. The number of hydrogen-bond donors (Lipinski definition) is 1. The lowest BCUT2D eigenvalue weighted by atomic mass is 10.1. The van der Waals surface area contributed by atoms with Gasteiger partial charge in [-0.25, -0.2) is 5.43 Å². The summed E-state index contributed by atoms with van der Waals surface area (Å²) >= 11 is 0. The second-order valence-electron chi connectivity index (χ2n) is 3.78. The molecule has 0 saturated carbocycles. The van der Waals surface area contributed by atoms with Gasteiger partial charge in [0.2, 0.25) is 0 Å². The molecule has 1 aromatic rings. The molecule has 3 heteroatoms. The summed E-state index contributed by atoms with van der Waals surface area (Å²) in [6.45, 7) is 2.94. The fourth-order valence-electron chi connectivity index (χ4n) is 1.41. The Morgan fingerprint density at radius 3 is 2.69 bits per heavy atom. The molecule has 1 amide bonds. The van der Waals surface area contributed by atoms with E-state index >= 15 is 0 Å². The highest BCUT2D eigenvalue weighted by Gasteiger charge is 2.03. The summed E-state index contributed by atoms with van der Waals surface area (Å²) in [5.41, 5.74) is 7.62. The highest BCUT2D eigenvalue weighted by Crippen LogP contribution is 1.99. The van der Waals surface area contributed by atoms with E-state index in [0.29, 0.717) is 6.42 Å². The van der Waals surface area contributed by atoms with E-state index < -0.39 is 0 Å². The third-order valence-corrected chi connectivity index (χ3v) is 2.29. The quantitative estimate of drug-likeness (QED) is 0.563. The van der Waals surface area contributed by atoms with Gasteiger partial charge in [0.25, 0.3) is 5.91 Å². The van der Waals surface area contributed by atoms with Crippen LogP contribution < -0.4 is 10.9 Å². The Bertz CT molecular complexity index is 298. The van der Waals surface area contributed by atoms with Crippen LogP contribution in [-0.2, 0) is 11.2 Å². The fraction of sp³-hybridized carbons (Fsp3) is 0.462. The number of hydrogen-bond acceptors (Lipinski definition) is 2. The highest BCUT2D eigenvalue weighted by molar-refractivity contribution is 5.77. The molecule has 0 saturated heterocycles. The molecule has 0 fully saturated rings. The van der Waals surface area contributed by atoms with Crippen molar-refractivity contribution in [1.82, 2.24) is 10.9 Å². The first-order valence-corrected chi connectivity index (χ1v) is 5.83. The zero-order valence-electron chi connectivity index (χ0n) is 9.78. The van der Waals surface area contributed by atoms with E-state index in [4.69, 9.17) is 0 Å². The van der Waals surface area contributed by atoms with Crippen molar-refractivity contribution in [2.24, 2.45) is 0 Å². The lowest BCUT2D eigenvalue weighted by Crippen LogP contribution is -2.32. The molecule has 0 bridgehead atoms. The maximum atomic E-state index is 11.4. The average Bonchev–Trinajstić information content (AvgIpc) is 2.30. The molecule has 0 spiro atoms. The number of nitrogens with one attached hydrogen (secondary N) is 1. The lowest BCUT2D eigenvalue weighted by molar-refractivity contribution is -0.121. The Kier molecular flexibility index (Phi) is 6.26. The summed E-state index contributed by atoms with van der Waals surface area (Å²) < 4.78 is 0. The predicted molar refractivity (Wildman–Crippen MR) is 64.8 cm³/mol. The monoisotopic (exact) mass is 219 g/mol. The predicted octanol–water partition coefficient (Wildman–Crippen LogP) is 2.05. The first kappa shape index (κ1) is 12.7. The number of nitrogens with zero attached hydrogens (tertiary/aromatic N) is 1. The molecule has 16 heavy (non-hydrogen) atoms. The normalized spacial score (nSPS) is 10.1. The molecular weight excluding hydrogens is 200 g/mol. The Morgan fingerprint density at radius 2 is 2.00 bits per heavy atom. The van der Waals surface area contributed by atoms with E-state index in [1.807, 2.05) is 30.3 Å². The fourth-order valence-corrected chi connectivity index (χ4v) is 1.41. The first-order valence-electron chi connectivity index (χ1n) is 5.83. The van der Waals surface area contributed by atoms with Crippen molar-refractivity contribution < 1.29 is 4.79 Å². The standard InChI is InChI=1S/C13H19N2O/c1-2-3-7-10-14-15-13(16)11-12-8-5-4-6-9-12/h4-6,8-9,14H,2-3,7,10-11H2,1H3. The van der Waals surface area contributed by atoms with Crippen LogP contribution in [0.5, 0.6) is 0 Å². The van der Waals surface area contributed by atoms with Crippen molar-refractivity contribution in [3.63, 3.8) is 0 Å². The topological polar surface area (TPSA) is 43.2 Å². The number of amides is 1. The van der Waals surface area contributed by atoms with Crippen molar-refractivity contribution in [2.45, 2.75) is 32.6 Å². The van der Waals surface area contributed by atoms with Crippen LogP contribution in [0.4, 0.5) is 0 Å². The largest absolute Gasteiger partial charge is 0.271 e. The van der Waals surface area contributed by atoms with Crippen molar-refractivity contribution in [3.8, 4) is 0 Å². The molecule has 1 N–H and O–H groups in total. The molecule has 0 unspecified atom stereocenters. The molecule has 1 aromatic carbocycles. The van der Waals surface area contributed by atoms with Crippen LogP contribution in [0.3, 0.4) is 0 Å². The van der Waals surface area contributed by atoms with E-state index in [2.05, 4.69) is 17.8 Å². The van der Waals surface area contributed by atoms with Gasteiger partial charge in [0.15, 0.2) is 0 Å². The maximum Gasteiger partial charge on any atom is 0.261 e. The van der Waals surface area contributed by atoms with E-state index in [1.165, 1.54) is 12.8 Å². The van der Waals surface area contributed by atoms with E-state index in [0.717, 1.165) is 18.5 Å². The van der Waals surface area contributed by atoms with Gasteiger partial charge in [0.05, 0.1) is 6.42 Å². The molecule has 0 atom stereocenters. The number of unbranched alkanes of at least 4 members (excludes halogenated alkanes) is 2. The molecule has 3 nitrogen and oxygen atoms in total. The van der Waals surface area contributed by atoms with Gasteiger partial charge < -0.3 is 0 Å². The minimum atomic E-state index is -0.109. The molecule has 1 radical (unpaired) electrons. The van der Waals surface area contributed by atoms with Gasteiger partial charge in [0, 0.05) is 6.54 Å². The number of benzene rings is 1. The molecule has 0 aliphatic rings. The molecule has 0 aromatic heterocycles. The van der Waals surface area contributed by atoms with Crippen LogP contribution in [-0.4, -0.2) is 12.5 Å². The number of carbonyl (C=O) groups is 1. The summed E-state index contributed by atoms with van der Waals surface area (Å²) in [5, 5.41) is 0. The summed E-state index contributed by atoms with van der Waals surface area (Å²) in [4.78, 5) is 11.4. The summed E-state index contributed by atoms with van der Waals surface area (Å²) in [6.07, 6.45) is 3.80. The minimum absolute atomic E-state index is 0.109. The molecule has 0 aliphatic heterocycles. The van der Waals surface area contributed by atoms with Crippen LogP contribution in [0, 0.1) is 0 Å². The van der Waals surface area contributed by atoms with E-state index in [9.17, 15) is 4.79 Å². The third kappa shape index (κ3) is 5.51. The van der Waals surface area contributed by atoms with Crippen molar-refractivity contribution in [1.29, 1.82) is 0 Å². The van der Waals surface area contributed by atoms with Gasteiger partial charge >= 0.3 is 0 Å². The van der Waals surface area contributed by atoms with Crippen molar-refractivity contribution >= 4 is 5.91 Å². The van der Waals surface area contributed by atoms with Gasteiger partial charge in [-0.1, -0.05) is 50.1 Å². The third-order valence-electron chi connectivity index (χ3n) is 2.29. The SMILES string of the molecule is CCCCCN[N]C(=O)Cc1ccccc1. The summed E-state index contributed by atoms with van der Waals surface area (Å²) in [7, 11) is 0. The van der Waals surface area contributed by atoms with Crippen molar-refractivity contribution in [3.05, 3.63) is 35.9 Å². The highest BCUT2D eigenvalue weighted by atomic mass is 16.2. The summed E-state index contributed by atoms with van der Waals surface area (Å²) in [6, 6.07) is 9.66. The van der Waals surface area contributed by atoms with Crippen LogP contribution in [0.15, 0.2) is 30.3 Å². The van der Waals surface area contributed by atoms with Crippen LogP contribution in [0.25, 0.3) is 0 Å². The average molecular weight is 219 g/mol. The van der Waals surface area contributed by atoms with Gasteiger partial charge in [-0.15, -0.1) is 0 Å². The molecule has 1 rings (SSSR count). The smallest absolute Gasteiger partial charge is 0.261 e. The second-order valence-corrected chi connectivity index (χ2v) is 3.78. The Balaban J connectivity index is 2.12. The molecular formula is C13H19N2O. The zero-order chi connectivity index (χ0) is 11.6. The van der Waals surface area contributed by atoms with Crippen LogP contribution in [0.2, 0.25) is 0 Å². The second kappa shape index (κ2) is 7.88. The first-order chi connectivity index (χ1) is 7.83. The van der Waals surface area contributed by atoms with Crippen LogP contribution >= 0.6 is 0 Å². The van der Waals surface area contributed by atoms with Gasteiger partial charge in [-0.2, -0.15) is 5.43 Å². The Morgan fingerprint density at radius 1 is 1.25 bits per heavy atom. The van der Waals surface area contributed by atoms with Gasteiger partial charge in [-0.05, 0) is 12.0 Å². The summed E-state index contributed by atoms with van der Waals surface area (Å²) in [5.74, 6) is -0.109. The van der Waals surface area contributed by atoms with E-state index in [-0.39, 0.29) is 5.91 Å². The van der Waals surface area contributed by atoms with Gasteiger partial charge in [0.1, 0.15) is 0 Å². The lowest BCUT2D eigenvalue weighted by Gasteiger charge is -2.03. The molecule has 0 aliphatic carbocycles. The number of rotatable bonds is 7. The van der Waals surface area contributed by atoms with Crippen molar-refractivity contribution in [2.75, 3.05) is 6.54 Å². The van der Waals surface area contributed by atoms with Gasteiger partial charge in [-0.3, -0.25) is 4.79 Å². The zero-order valence-corrected chi connectivity index (χ0v) is 9.78. The Labute approximate surface area is 97.2 Å². The maximum absolute atomic E-state index is 11.4. The molecule has 87 valence electrons. The minimum Gasteiger partial charge on any atom is -0.271 e. The van der Waals surface area contributed by atoms with Crippen LogP contribution in [0.1, 0.15) is 31.7 Å². The van der Waals surface area contributed by atoms with E-state index in [1.54, 1.807) is 0 Å². The Hall–Kier alpha value is -1.35. The molecule has 0 heterocycles.